The van der Waals surface area contributed by atoms with E-state index in [4.69, 9.17) is 15.0 Å². The van der Waals surface area contributed by atoms with Crippen LogP contribution >= 0.6 is 0 Å². The lowest BCUT2D eigenvalue weighted by molar-refractivity contribution is 1.07. The van der Waals surface area contributed by atoms with Crippen LogP contribution in [0.2, 0.25) is 0 Å². The Morgan fingerprint density at radius 2 is 0.618 bits per heavy atom. The standard InChI is InChI=1S/C51H34N4/c1-3-17-35(18-4-1)39-21-7-9-26-44(39)50-52-49(53-51(54-50)45-27-10-8-22-40(45)36-19-5-2-6-20-36)38-33-31-37(32-34-38)41-23-11-14-28-46(41)55-47-29-15-12-24-42(47)43-25-13-16-30-48(43)55/h1-34H. The van der Waals surface area contributed by atoms with Crippen LogP contribution in [0, 0.1) is 0 Å². The molecule has 8 aromatic carbocycles. The molecule has 55 heavy (non-hydrogen) atoms. The van der Waals surface area contributed by atoms with Crippen LogP contribution in [-0.2, 0) is 0 Å². The molecule has 0 amide bonds. The molecule has 0 saturated heterocycles. The zero-order valence-corrected chi connectivity index (χ0v) is 29.9. The molecular formula is C51H34N4. The Hall–Kier alpha value is -7.43. The van der Waals surface area contributed by atoms with E-state index in [-0.39, 0.29) is 0 Å². The Bertz CT molecular complexity index is 2810. The predicted molar refractivity (Wildman–Crippen MR) is 227 cm³/mol. The minimum absolute atomic E-state index is 0.618. The van der Waals surface area contributed by atoms with Crippen LogP contribution in [-0.4, -0.2) is 19.5 Å². The average molecular weight is 703 g/mol. The van der Waals surface area contributed by atoms with Gasteiger partial charge < -0.3 is 4.57 Å². The Balaban J connectivity index is 1.12. The van der Waals surface area contributed by atoms with E-state index >= 15 is 0 Å². The van der Waals surface area contributed by atoms with Crippen molar-refractivity contribution in [2.45, 2.75) is 0 Å². The second kappa shape index (κ2) is 13.8. The molecule has 2 aromatic heterocycles. The summed E-state index contributed by atoms with van der Waals surface area (Å²) in [4.78, 5) is 15.6. The van der Waals surface area contributed by atoms with E-state index in [1.807, 2.05) is 24.3 Å². The molecule has 0 aliphatic carbocycles. The lowest BCUT2D eigenvalue weighted by Gasteiger charge is -2.15. The first-order chi connectivity index (χ1) is 27.3. The van der Waals surface area contributed by atoms with Gasteiger partial charge in [0.25, 0.3) is 0 Å². The van der Waals surface area contributed by atoms with E-state index in [9.17, 15) is 0 Å². The van der Waals surface area contributed by atoms with E-state index in [2.05, 4.69) is 187 Å². The first-order valence-electron chi connectivity index (χ1n) is 18.5. The molecule has 258 valence electrons. The summed E-state index contributed by atoms with van der Waals surface area (Å²) < 4.78 is 2.38. The first kappa shape index (κ1) is 32.2. The van der Waals surface area contributed by atoms with Crippen molar-refractivity contribution in [2.75, 3.05) is 0 Å². The van der Waals surface area contributed by atoms with Crippen molar-refractivity contribution >= 4 is 21.8 Å². The molecule has 4 nitrogen and oxygen atoms in total. The molecule has 10 aromatic rings. The number of rotatable bonds is 7. The number of aromatic nitrogens is 4. The van der Waals surface area contributed by atoms with Crippen molar-refractivity contribution in [1.29, 1.82) is 0 Å². The molecule has 2 heterocycles. The summed E-state index contributed by atoms with van der Waals surface area (Å²) in [6.45, 7) is 0. The smallest absolute Gasteiger partial charge is 0.164 e. The normalized spacial score (nSPS) is 11.3. The topological polar surface area (TPSA) is 43.6 Å². The summed E-state index contributed by atoms with van der Waals surface area (Å²) in [5, 5.41) is 2.49. The maximum Gasteiger partial charge on any atom is 0.164 e. The third kappa shape index (κ3) is 5.87. The summed E-state index contributed by atoms with van der Waals surface area (Å²) in [6.07, 6.45) is 0. The first-order valence-corrected chi connectivity index (χ1v) is 18.5. The zero-order chi connectivity index (χ0) is 36.6. The fourth-order valence-electron chi connectivity index (χ4n) is 7.73. The van der Waals surface area contributed by atoms with Crippen LogP contribution < -0.4 is 0 Å². The third-order valence-electron chi connectivity index (χ3n) is 10.3. The molecule has 0 N–H and O–H groups in total. The minimum Gasteiger partial charge on any atom is -0.309 e. The number of nitrogens with zero attached hydrogens (tertiary/aromatic N) is 4. The number of hydrogen-bond acceptors (Lipinski definition) is 3. The van der Waals surface area contributed by atoms with Crippen LogP contribution in [0.4, 0.5) is 0 Å². The Morgan fingerprint density at radius 3 is 1.15 bits per heavy atom. The lowest BCUT2D eigenvalue weighted by atomic mass is 9.98. The molecule has 0 spiro atoms. The average Bonchev–Trinajstić information content (AvgIpc) is 3.61. The number of benzene rings is 8. The van der Waals surface area contributed by atoms with E-state index in [0.717, 1.165) is 55.8 Å². The monoisotopic (exact) mass is 702 g/mol. The van der Waals surface area contributed by atoms with Gasteiger partial charge >= 0.3 is 0 Å². The third-order valence-corrected chi connectivity index (χ3v) is 10.3. The predicted octanol–water partition coefficient (Wildman–Crippen LogP) is 13.0. The van der Waals surface area contributed by atoms with Gasteiger partial charge in [-0.15, -0.1) is 0 Å². The highest BCUT2D eigenvalue weighted by molar-refractivity contribution is 6.09. The summed E-state index contributed by atoms with van der Waals surface area (Å²) in [5.74, 6) is 1.87. The van der Waals surface area contributed by atoms with Gasteiger partial charge in [-0.2, -0.15) is 0 Å². The van der Waals surface area contributed by atoms with Crippen molar-refractivity contribution in [3.05, 3.63) is 206 Å². The number of hydrogen-bond donors (Lipinski definition) is 0. The second-order valence-electron chi connectivity index (χ2n) is 13.6. The van der Waals surface area contributed by atoms with Gasteiger partial charge in [-0.1, -0.05) is 188 Å². The number of fused-ring (bicyclic) bond motifs is 3. The molecule has 0 bridgehead atoms. The zero-order valence-electron chi connectivity index (χ0n) is 29.9. The summed E-state index contributed by atoms with van der Waals surface area (Å²) in [5.41, 5.74) is 12.9. The Kier molecular flexibility index (Phi) is 8.12. The van der Waals surface area contributed by atoms with Gasteiger partial charge in [0.2, 0.25) is 0 Å². The van der Waals surface area contributed by atoms with Crippen molar-refractivity contribution in [3.63, 3.8) is 0 Å². The Labute approximate surface area is 319 Å². The molecule has 0 radical (unpaired) electrons. The van der Waals surface area contributed by atoms with Gasteiger partial charge in [-0.3, -0.25) is 0 Å². The van der Waals surface area contributed by atoms with Crippen molar-refractivity contribution in [3.8, 4) is 73.2 Å². The van der Waals surface area contributed by atoms with Crippen molar-refractivity contribution in [2.24, 2.45) is 0 Å². The maximum absolute atomic E-state index is 5.20. The fourth-order valence-corrected chi connectivity index (χ4v) is 7.73. The van der Waals surface area contributed by atoms with Crippen LogP contribution in [0.1, 0.15) is 0 Å². The van der Waals surface area contributed by atoms with E-state index < -0.39 is 0 Å². The molecule has 0 fully saturated rings. The van der Waals surface area contributed by atoms with Gasteiger partial charge in [0, 0.05) is 33.0 Å². The number of para-hydroxylation sites is 3. The van der Waals surface area contributed by atoms with E-state index in [1.54, 1.807) is 0 Å². The van der Waals surface area contributed by atoms with Crippen LogP contribution in [0.5, 0.6) is 0 Å². The molecule has 4 heteroatoms. The van der Waals surface area contributed by atoms with Crippen LogP contribution in [0.15, 0.2) is 206 Å². The van der Waals surface area contributed by atoms with Crippen LogP contribution in [0.3, 0.4) is 0 Å². The van der Waals surface area contributed by atoms with Gasteiger partial charge in [-0.25, -0.2) is 15.0 Å². The fraction of sp³-hybridized carbons (Fsp3) is 0. The molecule has 0 aliphatic heterocycles. The van der Waals surface area contributed by atoms with E-state index in [1.165, 1.54) is 21.8 Å². The summed E-state index contributed by atoms with van der Waals surface area (Å²) in [7, 11) is 0. The minimum atomic E-state index is 0.618. The SMILES string of the molecule is c1ccc(-c2ccccc2-c2nc(-c3ccc(-c4ccccc4-n4c5ccccc5c5ccccc54)cc3)nc(-c3ccccc3-c3ccccc3)n2)cc1. The largest absolute Gasteiger partial charge is 0.309 e. The van der Waals surface area contributed by atoms with E-state index in [0.29, 0.717) is 17.5 Å². The van der Waals surface area contributed by atoms with Crippen molar-refractivity contribution < 1.29 is 0 Å². The van der Waals surface area contributed by atoms with Gasteiger partial charge in [0.15, 0.2) is 17.5 Å². The Morgan fingerprint density at radius 1 is 0.255 bits per heavy atom. The highest BCUT2D eigenvalue weighted by Gasteiger charge is 2.19. The molecule has 0 saturated carbocycles. The molecule has 0 aliphatic rings. The van der Waals surface area contributed by atoms with Gasteiger partial charge in [0.1, 0.15) is 0 Å². The van der Waals surface area contributed by atoms with Crippen molar-refractivity contribution in [1.82, 2.24) is 19.5 Å². The summed E-state index contributed by atoms with van der Waals surface area (Å²) in [6, 6.07) is 72.1. The molecule has 10 rings (SSSR count). The summed E-state index contributed by atoms with van der Waals surface area (Å²) >= 11 is 0. The van der Waals surface area contributed by atoms with Crippen LogP contribution in [0.25, 0.3) is 95.0 Å². The highest BCUT2D eigenvalue weighted by atomic mass is 15.0. The molecule has 0 atom stereocenters. The molecular weight excluding hydrogens is 669 g/mol. The quantitative estimate of drug-likeness (QED) is 0.166. The highest BCUT2D eigenvalue weighted by Crippen LogP contribution is 2.38. The van der Waals surface area contributed by atoms with Gasteiger partial charge in [0.05, 0.1) is 16.7 Å². The van der Waals surface area contributed by atoms with Gasteiger partial charge in [-0.05, 0) is 46.0 Å². The maximum atomic E-state index is 5.20. The molecule has 0 unspecified atom stereocenters. The lowest BCUT2D eigenvalue weighted by Crippen LogP contribution is -2.02. The second-order valence-corrected chi connectivity index (χ2v) is 13.6.